The molecule has 0 aromatic heterocycles. The van der Waals surface area contributed by atoms with Crippen LogP contribution in [-0.4, -0.2) is 30.8 Å². The number of hydrogen-bond acceptors (Lipinski definition) is 4. The van der Waals surface area contributed by atoms with Crippen molar-refractivity contribution in [2.45, 2.75) is 13.3 Å². The average Bonchev–Trinajstić information content (AvgIpc) is 3.04. The van der Waals surface area contributed by atoms with Gasteiger partial charge in [-0.25, -0.2) is 4.39 Å². The van der Waals surface area contributed by atoms with Crippen molar-refractivity contribution in [1.82, 2.24) is 0 Å². The third kappa shape index (κ3) is 4.17. The smallest absolute Gasteiger partial charge is 0.311 e. The lowest BCUT2D eigenvalue weighted by Gasteiger charge is -2.19. The van der Waals surface area contributed by atoms with E-state index in [1.807, 2.05) is 0 Å². The molecular weight excluding hydrogens is 373 g/mol. The summed E-state index contributed by atoms with van der Waals surface area (Å²) in [7, 11) is 0. The van der Waals surface area contributed by atoms with Crippen molar-refractivity contribution in [3.63, 3.8) is 0 Å². The minimum atomic E-state index is -0.656. The van der Waals surface area contributed by atoms with Crippen LogP contribution in [0.25, 0.3) is 0 Å². The summed E-state index contributed by atoms with van der Waals surface area (Å²) in [5, 5.41) is 0.538. The van der Waals surface area contributed by atoms with E-state index in [9.17, 15) is 18.8 Å². The number of ether oxygens (including phenoxy) is 1. The lowest BCUT2D eigenvalue weighted by Crippen LogP contribution is -2.27. The van der Waals surface area contributed by atoms with E-state index in [0.29, 0.717) is 10.7 Å². The number of rotatable bonds is 5. The highest BCUT2D eigenvalue weighted by Crippen LogP contribution is 2.31. The first kappa shape index (κ1) is 19.0. The Bertz CT molecular complexity index is 897. The first-order valence-electron chi connectivity index (χ1n) is 8.37. The molecule has 1 aliphatic heterocycles. The number of nitrogens with zero attached hydrogens (tertiary/aromatic N) is 1. The van der Waals surface area contributed by atoms with Crippen molar-refractivity contribution >= 4 is 34.9 Å². The Labute approximate surface area is 160 Å². The highest BCUT2D eigenvalue weighted by Gasteiger charge is 2.37. The highest BCUT2D eigenvalue weighted by molar-refractivity contribution is 6.31. The van der Waals surface area contributed by atoms with Crippen LogP contribution in [0.15, 0.2) is 42.5 Å². The maximum Gasteiger partial charge on any atom is 0.311 e. The van der Waals surface area contributed by atoms with Crippen molar-refractivity contribution in [3.05, 3.63) is 64.4 Å². The molecule has 5 nitrogen and oxygen atoms in total. The molecule has 1 amide bonds. The Hall–Kier alpha value is -2.73. The molecule has 1 aliphatic rings. The zero-order valence-corrected chi connectivity index (χ0v) is 15.3. The van der Waals surface area contributed by atoms with E-state index in [0.717, 1.165) is 17.7 Å². The zero-order chi connectivity index (χ0) is 19.6. The van der Waals surface area contributed by atoms with Gasteiger partial charge in [0.15, 0.2) is 12.4 Å². The summed E-state index contributed by atoms with van der Waals surface area (Å²) < 4.78 is 18.0. The van der Waals surface area contributed by atoms with Crippen molar-refractivity contribution < 1.29 is 23.5 Å². The fourth-order valence-corrected chi connectivity index (χ4v) is 3.13. The maximum atomic E-state index is 12.9. The van der Waals surface area contributed by atoms with E-state index >= 15 is 0 Å². The molecule has 1 heterocycles. The number of halogens is 2. The number of Topliss-reactive ketones (excluding diaryl/α,β-unsaturated/α-hetero) is 1. The third-order valence-corrected chi connectivity index (χ3v) is 4.91. The molecule has 0 saturated carbocycles. The van der Waals surface area contributed by atoms with E-state index in [-0.39, 0.29) is 24.4 Å². The second-order valence-electron chi connectivity index (χ2n) is 6.33. The SMILES string of the molecule is Cc1c(Cl)cccc1N1C[C@@H](C(=O)OCC(=O)c2ccc(F)cc2)CC1=O. The molecule has 0 unspecified atom stereocenters. The predicted molar refractivity (Wildman–Crippen MR) is 98.3 cm³/mol. The molecular formula is C20H17ClFNO4. The van der Waals surface area contributed by atoms with E-state index in [1.165, 1.54) is 17.0 Å². The third-order valence-electron chi connectivity index (χ3n) is 4.50. The number of anilines is 1. The molecule has 1 atom stereocenters. The Kier molecular flexibility index (Phi) is 5.56. The number of amides is 1. The Morgan fingerprint density at radius 1 is 1.22 bits per heavy atom. The van der Waals surface area contributed by atoms with Gasteiger partial charge in [0.05, 0.1) is 5.92 Å². The summed E-state index contributed by atoms with van der Waals surface area (Å²) in [6.07, 6.45) is 0.00945. The second kappa shape index (κ2) is 7.88. The number of hydrogen-bond donors (Lipinski definition) is 0. The van der Waals surface area contributed by atoms with Crippen LogP contribution in [0.4, 0.5) is 10.1 Å². The number of carbonyl (C=O) groups is 3. The first-order chi connectivity index (χ1) is 12.9. The molecule has 2 aromatic rings. The molecule has 0 spiro atoms. The lowest BCUT2D eigenvalue weighted by atomic mass is 10.1. The van der Waals surface area contributed by atoms with E-state index in [2.05, 4.69) is 0 Å². The molecule has 3 rings (SSSR count). The molecule has 7 heteroatoms. The lowest BCUT2D eigenvalue weighted by molar-refractivity contribution is -0.147. The normalized spacial score (nSPS) is 16.5. The molecule has 0 radical (unpaired) electrons. The summed E-state index contributed by atoms with van der Waals surface area (Å²) in [6, 6.07) is 10.2. The van der Waals surface area contributed by atoms with Crippen LogP contribution in [0.1, 0.15) is 22.3 Å². The average molecular weight is 390 g/mol. The van der Waals surface area contributed by atoms with Gasteiger partial charge in [-0.15, -0.1) is 0 Å². The van der Waals surface area contributed by atoms with Crippen LogP contribution < -0.4 is 4.90 Å². The number of esters is 1. The van der Waals surface area contributed by atoms with Crippen molar-refractivity contribution in [3.8, 4) is 0 Å². The molecule has 27 heavy (non-hydrogen) atoms. The topological polar surface area (TPSA) is 63.7 Å². The first-order valence-corrected chi connectivity index (χ1v) is 8.75. The van der Waals surface area contributed by atoms with Gasteiger partial charge in [0.25, 0.3) is 0 Å². The Balaban J connectivity index is 1.61. The quantitative estimate of drug-likeness (QED) is 0.579. The summed E-state index contributed by atoms with van der Waals surface area (Å²) in [5.41, 5.74) is 1.67. The van der Waals surface area contributed by atoms with E-state index < -0.39 is 30.1 Å². The molecule has 0 bridgehead atoms. The number of ketones is 1. The fourth-order valence-electron chi connectivity index (χ4n) is 2.96. The van der Waals surface area contributed by atoms with Crippen molar-refractivity contribution in [2.75, 3.05) is 18.1 Å². The van der Waals surface area contributed by atoms with Crippen LogP contribution in [-0.2, 0) is 14.3 Å². The Morgan fingerprint density at radius 2 is 1.93 bits per heavy atom. The molecule has 2 aromatic carbocycles. The largest absolute Gasteiger partial charge is 0.457 e. The second-order valence-corrected chi connectivity index (χ2v) is 6.73. The van der Waals surface area contributed by atoms with Crippen LogP contribution in [0.3, 0.4) is 0 Å². The zero-order valence-electron chi connectivity index (χ0n) is 14.6. The van der Waals surface area contributed by atoms with Gasteiger partial charge in [-0.1, -0.05) is 17.7 Å². The standard InChI is InChI=1S/C20H17ClFNO4/c1-12-16(21)3-2-4-17(12)23-10-14(9-19(23)25)20(26)27-11-18(24)13-5-7-15(22)8-6-13/h2-8,14H,9-11H2,1H3/t14-/m0/s1. The van der Waals surface area contributed by atoms with Crippen LogP contribution in [0.2, 0.25) is 5.02 Å². The predicted octanol–water partition coefficient (Wildman–Crippen LogP) is 3.57. The van der Waals surface area contributed by atoms with Crippen LogP contribution in [0, 0.1) is 18.7 Å². The molecule has 0 aliphatic carbocycles. The van der Waals surface area contributed by atoms with E-state index in [1.54, 1.807) is 25.1 Å². The van der Waals surface area contributed by atoms with Gasteiger partial charge in [-0.2, -0.15) is 0 Å². The van der Waals surface area contributed by atoms with E-state index in [4.69, 9.17) is 16.3 Å². The minimum Gasteiger partial charge on any atom is -0.457 e. The van der Waals surface area contributed by atoms with Crippen molar-refractivity contribution in [1.29, 1.82) is 0 Å². The van der Waals surface area contributed by atoms with Crippen LogP contribution in [0.5, 0.6) is 0 Å². The van der Waals surface area contributed by atoms with Gasteiger partial charge >= 0.3 is 5.97 Å². The number of benzene rings is 2. The highest BCUT2D eigenvalue weighted by atomic mass is 35.5. The summed E-state index contributed by atoms with van der Waals surface area (Å²) in [5.74, 6) is -2.36. The minimum absolute atomic E-state index is 0.00945. The monoisotopic (exact) mass is 389 g/mol. The molecule has 0 N–H and O–H groups in total. The van der Waals surface area contributed by atoms with Gasteiger partial charge < -0.3 is 9.64 Å². The fraction of sp³-hybridized carbons (Fsp3) is 0.250. The summed E-state index contributed by atoms with van der Waals surface area (Å²) in [4.78, 5) is 38.1. The summed E-state index contributed by atoms with van der Waals surface area (Å²) >= 11 is 6.10. The number of carbonyl (C=O) groups excluding carboxylic acids is 3. The van der Waals surface area contributed by atoms with Gasteiger partial charge in [0, 0.05) is 29.2 Å². The molecule has 1 saturated heterocycles. The maximum absolute atomic E-state index is 12.9. The van der Waals surface area contributed by atoms with Gasteiger partial charge in [-0.05, 0) is 48.9 Å². The van der Waals surface area contributed by atoms with Gasteiger partial charge in [0.2, 0.25) is 5.91 Å². The molecule has 140 valence electrons. The van der Waals surface area contributed by atoms with Gasteiger partial charge in [0.1, 0.15) is 5.82 Å². The molecule has 1 fully saturated rings. The van der Waals surface area contributed by atoms with Crippen LogP contribution >= 0.6 is 11.6 Å². The van der Waals surface area contributed by atoms with Crippen molar-refractivity contribution in [2.24, 2.45) is 5.92 Å². The van der Waals surface area contributed by atoms with Gasteiger partial charge in [-0.3, -0.25) is 14.4 Å². The Morgan fingerprint density at radius 3 is 2.63 bits per heavy atom. The summed E-state index contributed by atoms with van der Waals surface area (Å²) in [6.45, 7) is 1.52.